The van der Waals surface area contributed by atoms with Crippen LogP contribution in [0.15, 0.2) is 59.5 Å². The molecule has 1 aliphatic heterocycles. The molecule has 2 aromatic rings. The van der Waals surface area contributed by atoms with Gasteiger partial charge in [0.25, 0.3) is 11.1 Å². The van der Waals surface area contributed by atoms with Crippen molar-refractivity contribution in [3.63, 3.8) is 0 Å². The van der Waals surface area contributed by atoms with Crippen LogP contribution in [0.4, 0.5) is 4.79 Å². The van der Waals surface area contributed by atoms with Gasteiger partial charge < -0.3 is 0 Å². The maximum Gasteiger partial charge on any atom is 0.290 e. The average Bonchev–Trinajstić information content (AvgIpc) is 2.78. The molecule has 3 nitrogen and oxygen atoms in total. The highest BCUT2D eigenvalue weighted by atomic mass is 32.2. The quantitative estimate of drug-likeness (QED) is 0.854. The van der Waals surface area contributed by atoms with Crippen molar-refractivity contribution < 1.29 is 9.59 Å². The fraction of sp³-hybridized carbons (Fsp3) is 0. The molecule has 0 saturated carbocycles. The summed E-state index contributed by atoms with van der Waals surface area (Å²) in [5.41, 5.74) is 3.04. The van der Waals surface area contributed by atoms with E-state index >= 15 is 0 Å². The molecule has 0 spiro atoms. The first-order chi connectivity index (χ1) is 9.74. The predicted octanol–water partition coefficient (Wildman–Crippen LogP) is 3.68. The predicted molar refractivity (Wildman–Crippen MR) is 81.0 cm³/mol. The molecule has 0 unspecified atom stereocenters. The van der Waals surface area contributed by atoms with E-state index in [1.807, 2.05) is 54.6 Å². The Bertz CT molecular complexity index is 707. The summed E-state index contributed by atoms with van der Waals surface area (Å²) in [7, 11) is 0. The van der Waals surface area contributed by atoms with Gasteiger partial charge in [-0.1, -0.05) is 54.6 Å². The third kappa shape index (κ3) is 2.51. The minimum atomic E-state index is -0.331. The van der Waals surface area contributed by atoms with E-state index in [2.05, 4.69) is 5.32 Å². The smallest absolute Gasteiger partial charge is 0.282 e. The Morgan fingerprint density at radius 2 is 1.60 bits per heavy atom. The molecule has 1 fully saturated rings. The van der Waals surface area contributed by atoms with Crippen LogP contribution >= 0.6 is 11.8 Å². The van der Waals surface area contributed by atoms with Gasteiger partial charge in [0.05, 0.1) is 4.91 Å². The molecule has 1 saturated heterocycles. The number of imide groups is 1. The summed E-state index contributed by atoms with van der Waals surface area (Å²) in [5.74, 6) is -0.331. The molecule has 1 aliphatic rings. The lowest BCUT2D eigenvalue weighted by Gasteiger charge is -2.06. The number of thioether (sulfide) groups is 1. The lowest BCUT2D eigenvalue weighted by atomic mass is 9.99. The van der Waals surface area contributed by atoms with Gasteiger partial charge in [-0.15, -0.1) is 0 Å². The summed E-state index contributed by atoms with van der Waals surface area (Å²) in [6.07, 6.45) is 1.76. The summed E-state index contributed by atoms with van der Waals surface area (Å²) in [6.45, 7) is 0. The monoisotopic (exact) mass is 281 g/mol. The van der Waals surface area contributed by atoms with Gasteiger partial charge in [0.1, 0.15) is 0 Å². The van der Waals surface area contributed by atoms with E-state index in [1.54, 1.807) is 6.08 Å². The molecular formula is C16H11NO2S. The number of hydrogen-bond acceptors (Lipinski definition) is 3. The van der Waals surface area contributed by atoms with Gasteiger partial charge >= 0.3 is 0 Å². The summed E-state index contributed by atoms with van der Waals surface area (Å²) >= 11 is 0.934. The van der Waals surface area contributed by atoms with Crippen molar-refractivity contribution in [2.45, 2.75) is 0 Å². The Labute approximate surface area is 120 Å². The van der Waals surface area contributed by atoms with Gasteiger partial charge in [-0.2, -0.15) is 0 Å². The number of hydrogen-bond donors (Lipinski definition) is 1. The maximum atomic E-state index is 11.6. The number of nitrogens with one attached hydrogen (secondary N) is 1. The average molecular weight is 281 g/mol. The van der Waals surface area contributed by atoms with Crippen LogP contribution in [0.5, 0.6) is 0 Å². The van der Waals surface area contributed by atoms with Crippen molar-refractivity contribution in [3.05, 3.63) is 65.1 Å². The second-order valence-corrected chi connectivity index (χ2v) is 5.32. The van der Waals surface area contributed by atoms with Crippen molar-refractivity contribution in [1.82, 2.24) is 5.32 Å². The first-order valence-corrected chi connectivity index (χ1v) is 6.95. The lowest BCUT2D eigenvalue weighted by molar-refractivity contribution is -0.115. The van der Waals surface area contributed by atoms with Crippen LogP contribution in [0.25, 0.3) is 17.2 Å². The van der Waals surface area contributed by atoms with E-state index in [1.165, 1.54) is 0 Å². The first-order valence-electron chi connectivity index (χ1n) is 6.13. The third-order valence-corrected chi connectivity index (χ3v) is 3.78. The summed E-state index contributed by atoms with van der Waals surface area (Å²) < 4.78 is 0. The minimum absolute atomic E-state index is 0.321. The Morgan fingerprint density at radius 1 is 0.900 bits per heavy atom. The van der Waals surface area contributed by atoms with Crippen molar-refractivity contribution in [2.75, 3.05) is 0 Å². The molecule has 0 bridgehead atoms. The molecule has 1 heterocycles. The highest BCUT2D eigenvalue weighted by molar-refractivity contribution is 8.18. The molecule has 2 aromatic carbocycles. The SMILES string of the molecule is O=C1NC(=O)/C(=C/c2ccccc2-c2ccccc2)S1. The van der Waals surface area contributed by atoms with Gasteiger partial charge in [0, 0.05) is 0 Å². The Hall–Kier alpha value is -2.33. The number of carbonyl (C=O) groups is 2. The van der Waals surface area contributed by atoms with Gasteiger partial charge in [0.15, 0.2) is 0 Å². The first kappa shape index (κ1) is 12.7. The largest absolute Gasteiger partial charge is 0.290 e. The zero-order valence-electron chi connectivity index (χ0n) is 10.5. The molecule has 20 heavy (non-hydrogen) atoms. The summed E-state index contributed by atoms with van der Waals surface area (Å²) in [5, 5.41) is 1.94. The zero-order chi connectivity index (χ0) is 13.9. The number of amides is 2. The molecule has 1 N–H and O–H groups in total. The van der Waals surface area contributed by atoms with Crippen LogP contribution in [0.2, 0.25) is 0 Å². The van der Waals surface area contributed by atoms with Crippen LogP contribution in [0, 0.1) is 0 Å². The van der Waals surface area contributed by atoms with E-state index in [0.717, 1.165) is 28.5 Å². The summed E-state index contributed by atoms with van der Waals surface area (Å²) in [6, 6.07) is 17.8. The van der Waals surface area contributed by atoms with Crippen LogP contribution in [0.1, 0.15) is 5.56 Å². The van der Waals surface area contributed by atoms with Crippen molar-refractivity contribution >= 4 is 29.0 Å². The number of benzene rings is 2. The van der Waals surface area contributed by atoms with Gasteiger partial charge in [0.2, 0.25) is 0 Å². The Kier molecular flexibility index (Phi) is 3.39. The fourth-order valence-electron chi connectivity index (χ4n) is 2.07. The topological polar surface area (TPSA) is 46.2 Å². The van der Waals surface area contributed by atoms with E-state index in [9.17, 15) is 9.59 Å². The van der Waals surface area contributed by atoms with Crippen LogP contribution in [-0.2, 0) is 4.79 Å². The molecule has 2 amide bonds. The molecule has 0 atom stereocenters. The maximum absolute atomic E-state index is 11.6. The highest BCUT2D eigenvalue weighted by Crippen LogP contribution is 2.30. The normalized spacial score (nSPS) is 16.5. The Balaban J connectivity index is 2.05. The molecule has 0 aliphatic carbocycles. The molecule has 4 heteroatoms. The van der Waals surface area contributed by atoms with Gasteiger partial charge in [-0.25, -0.2) is 0 Å². The molecule has 0 radical (unpaired) electrons. The van der Waals surface area contributed by atoms with E-state index in [4.69, 9.17) is 0 Å². The standard InChI is InChI=1S/C16H11NO2S/c18-15-14(20-16(19)17-15)10-12-8-4-5-9-13(12)11-6-2-1-3-7-11/h1-10H,(H,17,18,19)/b14-10-. The van der Waals surface area contributed by atoms with Crippen molar-refractivity contribution in [3.8, 4) is 11.1 Å². The number of rotatable bonds is 2. The zero-order valence-corrected chi connectivity index (χ0v) is 11.3. The molecule has 98 valence electrons. The summed E-state index contributed by atoms with van der Waals surface area (Å²) in [4.78, 5) is 23.2. The van der Waals surface area contributed by atoms with E-state index < -0.39 is 0 Å². The Morgan fingerprint density at radius 3 is 2.30 bits per heavy atom. The third-order valence-electron chi connectivity index (χ3n) is 2.97. The van der Waals surface area contributed by atoms with Crippen LogP contribution in [-0.4, -0.2) is 11.1 Å². The van der Waals surface area contributed by atoms with E-state index in [0.29, 0.717) is 4.91 Å². The second kappa shape index (κ2) is 5.35. The molecular weight excluding hydrogens is 270 g/mol. The molecule has 0 aromatic heterocycles. The highest BCUT2D eigenvalue weighted by Gasteiger charge is 2.25. The van der Waals surface area contributed by atoms with E-state index in [-0.39, 0.29) is 11.1 Å². The van der Waals surface area contributed by atoms with Gasteiger partial charge in [-0.3, -0.25) is 14.9 Å². The van der Waals surface area contributed by atoms with Gasteiger partial charge in [-0.05, 0) is 34.5 Å². The van der Waals surface area contributed by atoms with Crippen LogP contribution < -0.4 is 5.32 Å². The fourth-order valence-corrected chi connectivity index (χ4v) is 2.74. The minimum Gasteiger partial charge on any atom is -0.282 e. The van der Waals surface area contributed by atoms with Crippen molar-refractivity contribution in [1.29, 1.82) is 0 Å². The molecule has 3 rings (SSSR count). The number of carbonyl (C=O) groups excluding carboxylic acids is 2. The van der Waals surface area contributed by atoms with Crippen molar-refractivity contribution in [2.24, 2.45) is 0 Å². The lowest BCUT2D eigenvalue weighted by Crippen LogP contribution is -2.17. The second-order valence-electron chi connectivity index (χ2n) is 4.31. The van der Waals surface area contributed by atoms with Crippen LogP contribution in [0.3, 0.4) is 0 Å².